The van der Waals surface area contributed by atoms with Crippen LogP contribution in [0.2, 0.25) is 5.02 Å². The Labute approximate surface area is 270 Å². The number of benzene rings is 2. The molecule has 5 rings (SSSR count). The molecule has 0 spiro atoms. The number of aryl methyl sites for hydroxylation is 1. The van der Waals surface area contributed by atoms with Gasteiger partial charge in [-0.2, -0.15) is 0 Å². The predicted molar refractivity (Wildman–Crippen MR) is 185 cm³/mol. The zero-order valence-electron chi connectivity index (χ0n) is 26.3. The van der Waals surface area contributed by atoms with E-state index in [1.54, 1.807) is 0 Å². The van der Waals surface area contributed by atoms with Crippen LogP contribution in [-0.4, -0.2) is 46.7 Å². The third-order valence-electron chi connectivity index (χ3n) is 9.08. The van der Waals surface area contributed by atoms with Crippen LogP contribution in [0.4, 0.5) is 16.2 Å². The van der Waals surface area contributed by atoms with Gasteiger partial charge in [0.25, 0.3) is 0 Å². The van der Waals surface area contributed by atoms with Crippen molar-refractivity contribution < 1.29 is 14.7 Å². The van der Waals surface area contributed by atoms with Crippen LogP contribution in [0.5, 0.6) is 0 Å². The van der Waals surface area contributed by atoms with E-state index in [-0.39, 0.29) is 5.91 Å². The Morgan fingerprint density at radius 3 is 2.64 bits per heavy atom. The predicted octanol–water partition coefficient (Wildman–Crippen LogP) is 8.72. The molecule has 0 aliphatic heterocycles. The minimum atomic E-state index is -0.942. The van der Waals surface area contributed by atoms with E-state index in [1.165, 1.54) is 48.0 Å². The number of rotatable bonds is 16. The van der Waals surface area contributed by atoms with E-state index in [0.717, 1.165) is 91.2 Å². The number of nitrogens with one attached hydrogen (secondary N) is 3. The molecule has 4 N–H and O–H groups in total. The number of unbranched alkanes of at least 4 members (excludes halogenated alkanes) is 4. The van der Waals surface area contributed by atoms with Crippen LogP contribution in [0.25, 0.3) is 21.8 Å². The second-order valence-corrected chi connectivity index (χ2v) is 12.8. The molecule has 2 heterocycles. The number of aromatic nitrogens is 2. The first-order valence-electron chi connectivity index (χ1n) is 16.6. The standard InChI is InChI=1S/C36H46ClN5O3/c1-25(43)38-20-16-26(18-22-42(36(44)45)29-13-15-32-27(23-29)17-21-39-32)9-5-3-2-4-8-19-40-35-30-10-6-7-11-33(30)41-34-24-28(37)12-14-31(34)35/h12-15,17,21,23-24,26,39H,2-11,16,18-20,22H2,1H3,(H,38,43)(H,40,41)(H,44,45). The van der Waals surface area contributed by atoms with E-state index < -0.39 is 6.09 Å². The Bertz CT molecular complexity index is 1600. The van der Waals surface area contributed by atoms with Crippen molar-refractivity contribution in [1.29, 1.82) is 0 Å². The number of H-pyrrole nitrogens is 1. The molecule has 0 saturated heterocycles. The number of pyridine rings is 1. The van der Waals surface area contributed by atoms with E-state index in [2.05, 4.69) is 21.7 Å². The van der Waals surface area contributed by atoms with Gasteiger partial charge in [0.15, 0.2) is 0 Å². The number of amides is 2. The monoisotopic (exact) mass is 631 g/mol. The largest absolute Gasteiger partial charge is 0.465 e. The average Bonchev–Trinajstić information content (AvgIpc) is 3.49. The van der Waals surface area contributed by atoms with Gasteiger partial charge in [-0.15, -0.1) is 0 Å². The summed E-state index contributed by atoms with van der Waals surface area (Å²) in [6, 6.07) is 13.7. The van der Waals surface area contributed by atoms with Gasteiger partial charge in [-0.05, 0) is 98.9 Å². The first-order chi connectivity index (χ1) is 21.9. The van der Waals surface area contributed by atoms with Crippen LogP contribution in [0.15, 0.2) is 48.7 Å². The Morgan fingerprint density at radius 2 is 1.80 bits per heavy atom. The molecule has 0 saturated carbocycles. The Balaban J connectivity index is 1.08. The summed E-state index contributed by atoms with van der Waals surface area (Å²) in [5.74, 6) is 0.314. The summed E-state index contributed by atoms with van der Waals surface area (Å²) in [4.78, 5) is 33.2. The first kappa shape index (κ1) is 32.6. The zero-order valence-corrected chi connectivity index (χ0v) is 27.1. The van der Waals surface area contributed by atoms with Crippen molar-refractivity contribution >= 4 is 56.8 Å². The van der Waals surface area contributed by atoms with E-state index in [0.29, 0.717) is 24.7 Å². The van der Waals surface area contributed by atoms with Crippen molar-refractivity contribution in [3.63, 3.8) is 0 Å². The molecule has 0 radical (unpaired) electrons. The zero-order chi connectivity index (χ0) is 31.6. The highest BCUT2D eigenvalue weighted by atomic mass is 35.5. The number of hydrogen-bond acceptors (Lipinski definition) is 4. The quantitative estimate of drug-likeness (QED) is 0.0924. The van der Waals surface area contributed by atoms with Crippen molar-refractivity contribution in [3.8, 4) is 0 Å². The summed E-state index contributed by atoms with van der Waals surface area (Å²) in [5.41, 5.74) is 6.51. The highest BCUT2D eigenvalue weighted by molar-refractivity contribution is 6.31. The summed E-state index contributed by atoms with van der Waals surface area (Å²) in [6.45, 7) is 3.52. The van der Waals surface area contributed by atoms with Crippen molar-refractivity contribution in [2.75, 3.05) is 29.9 Å². The van der Waals surface area contributed by atoms with Crippen LogP contribution >= 0.6 is 11.6 Å². The molecule has 1 atom stereocenters. The topological polar surface area (TPSA) is 110 Å². The molecular weight excluding hydrogens is 586 g/mol. The number of hydrogen-bond donors (Lipinski definition) is 4. The lowest BCUT2D eigenvalue weighted by Gasteiger charge is -2.23. The average molecular weight is 632 g/mol. The molecule has 0 bridgehead atoms. The van der Waals surface area contributed by atoms with Gasteiger partial charge in [0.1, 0.15) is 0 Å². The lowest BCUT2D eigenvalue weighted by atomic mass is 9.92. The normalized spacial score (nSPS) is 13.5. The lowest BCUT2D eigenvalue weighted by Crippen LogP contribution is -2.32. The summed E-state index contributed by atoms with van der Waals surface area (Å²) in [7, 11) is 0. The number of aromatic amines is 1. The maximum absolute atomic E-state index is 12.2. The van der Waals surface area contributed by atoms with Crippen molar-refractivity contribution in [3.05, 3.63) is 64.9 Å². The Kier molecular flexibility index (Phi) is 11.6. The van der Waals surface area contributed by atoms with Gasteiger partial charge in [0.05, 0.1) is 5.52 Å². The van der Waals surface area contributed by atoms with Gasteiger partial charge < -0.3 is 20.7 Å². The minimum Gasteiger partial charge on any atom is -0.465 e. The summed E-state index contributed by atoms with van der Waals surface area (Å²) < 4.78 is 0. The SMILES string of the molecule is CC(=O)NCCC(CCCCCCCNc1c2c(nc3cc(Cl)ccc13)CCCC2)CCN(C(=O)O)c1ccc2[nH]ccc2c1. The molecule has 1 unspecified atom stereocenters. The van der Waals surface area contributed by atoms with Crippen LogP contribution < -0.4 is 15.5 Å². The van der Waals surface area contributed by atoms with Crippen LogP contribution in [-0.2, 0) is 17.6 Å². The van der Waals surface area contributed by atoms with Crippen LogP contribution in [0.1, 0.15) is 82.4 Å². The summed E-state index contributed by atoms with van der Waals surface area (Å²) in [6.07, 6.45) is 13.8. The van der Waals surface area contributed by atoms with Gasteiger partial charge in [-0.1, -0.05) is 43.7 Å². The van der Waals surface area contributed by atoms with Crippen molar-refractivity contribution in [2.45, 2.75) is 84.0 Å². The Morgan fingerprint density at radius 1 is 0.978 bits per heavy atom. The maximum atomic E-state index is 12.2. The second kappa shape index (κ2) is 16.0. The molecule has 2 amide bonds. The van der Waals surface area contributed by atoms with Gasteiger partial charge in [0.2, 0.25) is 5.91 Å². The maximum Gasteiger partial charge on any atom is 0.411 e. The minimum absolute atomic E-state index is 0.0293. The molecule has 1 aliphatic carbocycles. The van der Waals surface area contributed by atoms with E-state index in [9.17, 15) is 14.7 Å². The second-order valence-electron chi connectivity index (χ2n) is 12.4. The highest BCUT2D eigenvalue weighted by Crippen LogP contribution is 2.34. The number of nitrogens with zero attached hydrogens (tertiary/aromatic N) is 2. The number of fused-ring (bicyclic) bond motifs is 3. The molecule has 8 nitrogen and oxygen atoms in total. The molecular formula is C36H46ClN5O3. The van der Waals surface area contributed by atoms with Crippen LogP contribution in [0.3, 0.4) is 0 Å². The molecule has 1 aliphatic rings. The molecule has 45 heavy (non-hydrogen) atoms. The molecule has 2 aromatic heterocycles. The summed E-state index contributed by atoms with van der Waals surface area (Å²) in [5, 5.41) is 19.5. The smallest absolute Gasteiger partial charge is 0.411 e. The molecule has 9 heteroatoms. The third-order valence-corrected chi connectivity index (χ3v) is 9.32. The molecule has 4 aromatic rings. The van der Waals surface area contributed by atoms with Crippen molar-refractivity contribution in [1.82, 2.24) is 15.3 Å². The number of anilines is 2. The first-order valence-corrected chi connectivity index (χ1v) is 16.9. The van der Waals surface area contributed by atoms with Gasteiger partial charge >= 0.3 is 6.09 Å². The lowest BCUT2D eigenvalue weighted by molar-refractivity contribution is -0.119. The highest BCUT2D eigenvalue weighted by Gasteiger charge is 2.19. The van der Waals surface area contributed by atoms with Gasteiger partial charge in [-0.3, -0.25) is 14.7 Å². The van der Waals surface area contributed by atoms with Gasteiger partial charge in [0, 0.05) is 71.1 Å². The van der Waals surface area contributed by atoms with E-state index in [1.807, 2.05) is 42.6 Å². The van der Waals surface area contributed by atoms with Crippen molar-refractivity contribution in [2.24, 2.45) is 5.92 Å². The Hall–Kier alpha value is -3.78. The number of carbonyl (C=O) groups excluding carboxylic acids is 1. The third kappa shape index (κ3) is 8.91. The fourth-order valence-corrected chi connectivity index (χ4v) is 6.81. The number of carboxylic acid groups (broad SMARTS) is 1. The van der Waals surface area contributed by atoms with Crippen LogP contribution in [0, 0.1) is 5.92 Å². The fraction of sp³-hybridized carbons (Fsp3) is 0.472. The molecule has 240 valence electrons. The number of halogens is 1. The molecule has 2 aromatic carbocycles. The number of carbonyl (C=O) groups is 2. The fourth-order valence-electron chi connectivity index (χ4n) is 6.64. The summed E-state index contributed by atoms with van der Waals surface area (Å²) >= 11 is 6.28. The van der Waals surface area contributed by atoms with E-state index in [4.69, 9.17) is 16.6 Å². The van der Waals surface area contributed by atoms with E-state index >= 15 is 0 Å². The molecule has 0 fully saturated rings. The van der Waals surface area contributed by atoms with Gasteiger partial charge in [-0.25, -0.2) is 4.79 Å².